The quantitative estimate of drug-likeness (QED) is 0.515. The van der Waals surface area contributed by atoms with Crippen molar-refractivity contribution in [2.75, 3.05) is 33.5 Å². The number of methoxy groups -OCH3 is 1. The van der Waals surface area contributed by atoms with Crippen molar-refractivity contribution in [2.45, 2.75) is 13.2 Å². The summed E-state index contributed by atoms with van der Waals surface area (Å²) in [5.74, 6) is 1.00. The summed E-state index contributed by atoms with van der Waals surface area (Å²) in [6.45, 7) is 2.38. The van der Waals surface area contributed by atoms with Crippen LogP contribution in [0.2, 0.25) is 15.1 Å². The lowest BCUT2D eigenvalue weighted by atomic mass is 10.2. The number of benzene rings is 2. The van der Waals surface area contributed by atoms with E-state index in [9.17, 15) is 0 Å². The predicted octanol–water partition coefficient (Wildman–Crippen LogP) is 4.33. The minimum Gasteiger partial charge on any atom is -0.493 e. The normalized spacial score (nSPS) is 10.9. The molecule has 0 aromatic heterocycles. The van der Waals surface area contributed by atoms with Gasteiger partial charge in [0.1, 0.15) is 6.61 Å². The number of halogens is 3. The van der Waals surface area contributed by atoms with Crippen LogP contribution in [0.25, 0.3) is 0 Å². The Kier molecular flexibility index (Phi) is 9.48. The SMILES string of the molecule is COc1cc(CNCCOCCO)cc(Cl)c1OCc1ccc(Cl)cc1Cl. The Labute approximate surface area is 174 Å². The molecule has 0 fully saturated rings. The van der Waals surface area contributed by atoms with Crippen molar-refractivity contribution in [1.29, 1.82) is 0 Å². The van der Waals surface area contributed by atoms with Gasteiger partial charge in [-0.3, -0.25) is 0 Å². The lowest BCUT2D eigenvalue weighted by Crippen LogP contribution is -2.20. The highest BCUT2D eigenvalue weighted by Gasteiger charge is 2.13. The molecule has 0 aliphatic heterocycles. The van der Waals surface area contributed by atoms with Crippen molar-refractivity contribution < 1.29 is 19.3 Å². The van der Waals surface area contributed by atoms with Crippen LogP contribution in [0.3, 0.4) is 0 Å². The zero-order chi connectivity index (χ0) is 19.6. The molecule has 0 unspecified atom stereocenters. The fourth-order valence-electron chi connectivity index (χ4n) is 2.35. The average Bonchev–Trinajstić information content (AvgIpc) is 2.64. The number of rotatable bonds is 11. The summed E-state index contributed by atoms with van der Waals surface area (Å²) in [6.07, 6.45) is 0. The number of nitrogens with one attached hydrogen (secondary N) is 1. The van der Waals surface area contributed by atoms with Crippen molar-refractivity contribution in [2.24, 2.45) is 0 Å². The molecule has 27 heavy (non-hydrogen) atoms. The third-order valence-electron chi connectivity index (χ3n) is 3.66. The van der Waals surface area contributed by atoms with E-state index in [-0.39, 0.29) is 13.2 Å². The highest BCUT2D eigenvalue weighted by atomic mass is 35.5. The molecule has 2 rings (SSSR count). The smallest absolute Gasteiger partial charge is 0.180 e. The molecule has 0 spiro atoms. The third kappa shape index (κ3) is 7.03. The molecule has 0 radical (unpaired) electrons. The minimum atomic E-state index is 0.0233. The minimum absolute atomic E-state index is 0.0233. The van der Waals surface area contributed by atoms with E-state index in [1.807, 2.05) is 18.2 Å². The molecule has 0 aliphatic rings. The number of hydrogen-bond acceptors (Lipinski definition) is 5. The highest BCUT2D eigenvalue weighted by molar-refractivity contribution is 6.35. The first kappa shape index (κ1) is 22.1. The molecule has 0 aliphatic carbocycles. The molecule has 2 N–H and O–H groups in total. The van der Waals surface area contributed by atoms with Crippen LogP contribution in [0, 0.1) is 0 Å². The van der Waals surface area contributed by atoms with E-state index in [2.05, 4.69) is 5.32 Å². The second-order valence-electron chi connectivity index (χ2n) is 5.65. The Morgan fingerprint density at radius 3 is 2.56 bits per heavy atom. The van der Waals surface area contributed by atoms with Gasteiger partial charge in [-0.05, 0) is 29.8 Å². The Balaban J connectivity index is 1.98. The largest absolute Gasteiger partial charge is 0.493 e. The molecule has 0 saturated carbocycles. The Morgan fingerprint density at radius 2 is 1.85 bits per heavy atom. The first-order chi connectivity index (χ1) is 13.0. The van der Waals surface area contributed by atoms with Crippen molar-refractivity contribution in [3.63, 3.8) is 0 Å². The van der Waals surface area contributed by atoms with Gasteiger partial charge in [0, 0.05) is 28.7 Å². The molecular formula is C19H22Cl3NO4. The summed E-state index contributed by atoms with van der Waals surface area (Å²) < 4.78 is 16.5. The molecule has 0 saturated heterocycles. The molecular weight excluding hydrogens is 413 g/mol. The third-order valence-corrected chi connectivity index (χ3v) is 4.53. The van der Waals surface area contributed by atoms with Gasteiger partial charge in [-0.15, -0.1) is 0 Å². The Bertz CT molecular complexity index is 743. The number of hydrogen-bond donors (Lipinski definition) is 2. The summed E-state index contributed by atoms with van der Waals surface area (Å²) in [5, 5.41) is 13.4. The fraction of sp³-hybridized carbons (Fsp3) is 0.368. The van der Waals surface area contributed by atoms with Gasteiger partial charge in [0.2, 0.25) is 0 Å². The molecule has 0 amide bonds. The van der Waals surface area contributed by atoms with E-state index in [0.717, 1.165) is 11.1 Å². The fourth-order valence-corrected chi connectivity index (χ4v) is 3.10. The van der Waals surface area contributed by atoms with Crippen molar-refractivity contribution >= 4 is 34.8 Å². The van der Waals surface area contributed by atoms with Crippen LogP contribution in [0.4, 0.5) is 0 Å². The van der Waals surface area contributed by atoms with Gasteiger partial charge in [0.25, 0.3) is 0 Å². The Hall–Kier alpha value is -1.21. The number of aliphatic hydroxyl groups excluding tert-OH is 1. The van der Waals surface area contributed by atoms with Crippen LogP contribution in [0.5, 0.6) is 11.5 Å². The maximum absolute atomic E-state index is 8.66. The number of aliphatic hydroxyl groups is 1. The molecule has 0 heterocycles. The van der Waals surface area contributed by atoms with E-state index in [1.165, 1.54) is 0 Å². The van der Waals surface area contributed by atoms with Gasteiger partial charge in [-0.25, -0.2) is 0 Å². The lowest BCUT2D eigenvalue weighted by molar-refractivity contribution is 0.0938. The lowest BCUT2D eigenvalue weighted by Gasteiger charge is -2.15. The highest BCUT2D eigenvalue weighted by Crippen LogP contribution is 2.37. The second kappa shape index (κ2) is 11.6. The standard InChI is InChI=1S/C19H22Cl3NO4/c1-25-18-9-13(11-23-4-6-26-7-5-24)8-17(22)19(18)27-12-14-2-3-15(20)10-16(14)21/h2-3,8-10,23-24H,4-7,11-12H2,1H3. The maximum Gasteiger partial charge on any atom is 0.180 e. The molecule has 2 aromatic rings. The molecule has 148 valence electrons. The van der Waals surface area contributed by atoms with Crippen LogP contribution in [0.15, 0.2) is 30.3 Å². The Morgan fingerprint density at radius 1 is 1.04 bits per heavy atom. The van der Waals surface area contributed by atoms with E-state index in [4.69, 9.17) is 54.1 Å². The summed E-state index contributed by atoms with van der Waals surface area (Å²) in [7, 11) is 1.56. The van der Waals surface area contributed by atoms with Crippen LogP contribution in [0.1, 0.15) is 11.1 Å². The first-order valence-corrected chi connectivity index (χ1v) is 9.51. The van der Waals surface area contributed by atoms with E-state index in [1.54, 1.807) is 19.2 Å². The van der Waals surface area contributed by atoms with Gasteiger partial charge in [-0.1, -0.05) is 40.9 Å². The average molecular weight is 435 g/mol. The van der Waals surface area contributed by atoms with Gasteiger partial charge in [-0.2, -0.15) is 0 Å². The number of ether oxygens (including phenoxy) is 3. The topological polar surface area (TPSA) is 60.0 Å². The zero-order valence-electron chi connectivity index (χ0n) is 14.9. The van der Waals surface area contributed by atoms with Crippen molar-refractivity contribution in [1.82, 2.24) is 5.32 Å². The maximum atomic E-state index is 8.66. The summed E-state index contributed by atoms with van der Waals surface area (Å²) in [5.41, 5.74) is 1.75. The van der Waals surface area contributed by atoms with Gasteiger partial charge in [0.05, 0.1) is 32.0 Å². The second-order valence-corrected chi connectivity index (χ2v) is 6.90. The molecule has 0 atom stereocenters. The van der Waals surface area contributed by atoms with E-state index < -0.39 is 0 Å². The van der Waals surface area contributed by atoms with Gasteiger partial charge >= 0.3 is 0 Å². The van der Waals surface area contributed by atoms with Crippen LogP contribution < -0.4 is 14.8 Å². The van der Waals surface area contributed by atoms with E-state index >= 15 is 0 Å². The van der Waals surface area contributed by atoms with Crippen LogP contribution in [-0.4, -0.2) is 38.6 Å². The van der Waals surface area contributed by atoms with Gasteiger partial charge in [0.15, 0.2) is 11.5 Å². The van der Waals surface area contributed by atoms with Crippen LogP contribution >= 0.6 is 34.8 Å². The monoisotopic (exact) mass is 433 g/mol. The molecule has 2 aromatic carbocycles. The summed E-state index contributed by atoms with van der Waals surface area (Å²) in [6, 6.07) is 8.92. The van der Waals surface area contributed by atoms with Crippen molar-refractivity contribution in [3.05, 3.63) is 56.5 Å². The van der Waals surface area contributed by atoms with Crippen LogP contribution in [-0.2, 0) is 17.9 Å². The van der Waals surface area contributed by atoms with Gasteiger partial charge < -0.3 is 24.6 Å². The molecule has 5 nitrogen and oxygen atoms in total. The van der Waals surface area contributed by atoms with E-state index in [0.29, 0.717) is 52.9 Å². The predicted molar refractivity (Wildman–Crippen MR) is 108 cm³/mol. The van der Waals surface area contributed by atoms with Crippen molar-refractivity contribution in [3.8, 4) is 11.5 Å². The first-order valence-electron chi connectivity index (χ1n) is 8.37. The summed E-state index contributed by atoms with van der Waals surface area (Å²) in [4.78, 5) is 0. The summed E-state index contributed by atoms with van der Waals surface area (Å²) >= 11 is 18.5. The zero-order valence-corrected chi connectivity index (χ0v) is 17.2. The molecule has 0 bridgehead atoms. The molecule has 8 heteroatoms.